The second kappa shape index (κ2) is 8.58. The lowest BCUT2D eigenvalue weighted by molar-refractivity contribution is -0.123. The highest BCUT2D eigenvalue weighted by Crippen LogP contribution is 2.43. The lowest BCUT2D eigenvalue weighted by Crippen LogP contribution is -2.32. The van der Waals surface area contributed by atoms with E-state index in [1.807, 2.05) is 31.2 Å². The first-order valence-electron chi connectivity index (χ1n) is 10.7. The van der Waals surface area contributed by atoms with Crippen LogP contribution in [0.2, 0.25) is 0 Å². The van der Waals surface area contributed by atoms with Crippen molar-refractivity contribution in [2.45, 2.75) is 53.5 Å². The third-order valence-corrected chi connectivity index (χ3v) is 5.48. The molecule has 3 rings (SSSR count). The Morgan fingerprint density at radius 1 is 1.06 bits per heavy atom. The van der Waals surface area contributed by atoms with Crippen LogP contribution in [0.15, 0.2) is 59.9 Å². The minimum absolute atomic E-state index is 0.142. The molecule has 2 aromatic rings. The molecule has 164 valence electrons. The molecule has 1 amide bonds. The maximum atomic E-state index is 13.3. The van der Waals surface area contributed by atoms with Gasteiger partial charge >= 0.3 is 0 Å². The number of benzene rings is 2. The lowest BCUT2D eigenvalue weighted by Gasteiger charge is -2.29. The van der Waals surface area contributed by atoms with Gasteiger partial charge in [0.1, 0.15) is 5.75 Å². The summed E-state index contributed by atoms with van der Waals surface area (Å²) in [6.45, 7) is 12.0. The average Bonchev–Trinajstić information content (AvgIpc) is 2.98. The summed E-state index contributed by atoms with van der Waals surface area (Å²) in [5.74, 6) is -0.244. The van der Waals surface area contributed by atoms with E-state index in [1.54, 1.807) is 45.0 Å². The number of carbonyl (C=O) groups is 2. The molecule has 0 bridgehead atoms. The number of aliphatic hydroxyl groups excluding tert-OH is 1. The molecular weight excluding hydrogens is 390 g/mol. The fourth-order valence-corrected chi connectivity index (χ4v) is 3.76. The third-order valence-electron chi connectivity index (χ3n) is 5.48. The predicted octanol–water partition coefficient (Wildman–Crippen LogP) is 5.72. The minimum atomic E-state index is -0.742. The van der Waals surface area contributed by atoms with Gasteiger partial charge in [0.05, 0.1) is 18.2 Å². The zero-order chi connectivity index (χ0) is 22.9. The van der Waals surface area contributed by atoms with E-state index in [0.717, 1.165) is 11.1 Å². The molecule has 0 aliphatic carbocycles. The number of amides is 1. The van der Waals surface area contributed by atoms with Crippen LogP contribution in [0.3, 0.4) is 0 Å². The molecule has 1 N–H and O–H groups in total. The highest BCUT2D eigenvalue weighted by molar-refractivity contribution is 6.17. The van der Waals surface area contributed by atoms with Crippen molar-refractivity contribution in [2.24, 2.45) is 5.41 Å². The van der Waals surface area contributed by atoms with Crippen molar-refractivity contribution in [2.75, 3.05) is 11.5 Å². The Kier molecular flexibility index (Phi) is 6.25. The fraction of sp³-hybridized carbons (Fsp3) is 0.385. The van der Waals surface area contributed by atoms with Crippen LogP contribution in [0.5, 0.6) is 5.75 Å². The Morgan fingerprint density at radius 3 is 2.13 bits per heavy atom. The molecule has 0 saturated carbocycles. The molecule has 1 unspecified atom stereocenters. The highest BCUT2D eigenvalue weighted by atomic mass is 16.5. The summed E-state index contributed by atoms with van der Waals surface area (Å²) < 4.78 is 5.51. The first kappa shape index (κ1) is 22.6. The molecule has 1 heterocycles. The van der Waals surface area contributed by atoms with Crippen molar-refractivity contribution in [1.29, 1.82) is 0 Å². The molecule has 1 atom stereocenters. The summed E-state index contributed by atoms with van der Waals surface area (Å²) in [7, 11) is 0. The molecule has 31 heavy (non-hydrogen) atoms. The van der Waals surface area contributed by atoms with E-state index in [1.165, 1.54) is 4.90 Å². The summed E-state index contributed by atoms with van der Waals surface area (Å²) in [5.41, 5.74) is 1.94. The second-order valence-electron chi connectivity index (χ2n) is 9.17. The molecule has 5 nitrogen and oxygen atoms in total. The van der Waals surface area contributed by atoms with E-state index in [4.69, 9.17) is 4.74 Å². The number of aliphatic hydroxyl groups is 1. The minimum Gasteiger partial charge on any atom is -0.503 e. The molecule has 0 spiro atoms. The molecule has 0 fully saturated rings. The summed E-state index contributed by atoms with van der Waals surface area (Å²) in [5, 5.41) is 10.8. The normalized spacial score (nSPS) is 16.9. The van der Waals surface area contributed by atoms with Crippen LogP contribution in [-0.4, -0.2) is 23.4 Å². The number of carbonyl (C=O) groups excluding carboxylic acids is 2. The summed E-state index contributed by atoms with van der Waals surface area (Å²) in [6, 6.07) is 14.3. The number of hydrogen-bond donors (Lipinski definition) is 1. The smallest absolute Gasteiger partial charge is 0.294 e. The van der Waals surface area contributed by atoms with Crippen LogP contribution >= 0.6 is 0 Å². The quantitative estimate of drug-likeness (QED) is 0.647. The molecule has 1 aliphatic heterocycles. The molecule has 0 radical (unpaired) electrons. The fourth-order valence-electron chi connectivity index (χ4n) is 3.76. The van der Waals surface area contributed by atoms with E-state index in [9.17, 15) is 14.7 Å². The largest absolute Gasteiger partial charge is 0.503 e. The van der Waals surface area contributed by atoms with Crippen molar-refractivity contribution in [3.8, 4) is 5.75 Å². The van der Waals surface area contributed by atoms with Gasteiger partial charge in [-0.3, -0.25) is 14.5 Å². The Hall–Kier alpha value is -3.08. The van der Waals surface area contributed by atoms with Crippen molar-refractivity contribution < 1.29 is 19.4 Å². The van der Waals surface area contributed by atoms with Crippen molar-refractivity contribution in [3.63, 3.8) is 0 Å². The Bertz CT molecular complexity index is 995. The van der Waals surface area contributed by atoms with Gasteiger partial charge in [-0.2, -0.15) is 0 Å². The van der Waals surface area contributed by atoms with Gasteiger partial charge in [0.25, 0.3) is 5.91 Å². The Morgan fingerprint density at radius 2 is 1.65 bits per heavy atom. The molecule has 0 saturated heterocycles. The molecule has 5 heteroatoms. The maximum Gasteiger partial charge on any atom is 0.294 e. The summed E-state index contributed by atoms with van der Waals surface area (Å²) in [6.07, 6.45) is 0. The number of ketones is 1. The summed E-state index contributed by atoms with van der Waals surface area (Å²) >= 11 is 0. The van der Waals surface area contributed by atoms with Gasteiger partial charge in [-0.05, 0) is 48.2 Å². The molecular formula is C26H31NO4. The maximum absolute atomic E-state index is 13.3. The third kappa shape index (κ3) is 4.36. The Labute approximate surface area is 184 Å². The lowest BCUT2D eigenvalue weighted by atomic mass is 9.82. The van der Waals surface area contributed by atoms with Gasteiger partial charge in [-0.25, -0.2) is 0 Å². The van der Waals surface area contributed by atoms with Crippen LogP contribution in [0.25, 0.3) is 0 Å². The van der Waals surface area contributed by atoms with E-state index in [2.05, 4.69) is 13.8 Å². The van der Waals surface area contributed by atoms with Gasteiger partial charge in [-0.15, -0.1) is 0 Å². The first-order valence-corrected chi connectivity index (χ1v) is 10.7. The molecule has 1 aliphatic rings. The van der Waals surface area contributed by atoms with Gasteiger partial charge in [0.2, 0.25) is 0 Å². The van der Waals surface area contributed by atoms with E-state index in [0.29, 0.717) is 24.0 Å². The van der Waals surface area contributed by atoms with Gasteiger partial charge < -0.3 is 9.84 Å². The zero-order valence-electron chi connectivity index (χ0n) is 19.1. The number of ether oxygens (including phenoxy) is 1. The number of hydrogen-bond acceptors (Lipinski definition) is 4. The number of nitrogens with zero attached hydrogens (tertiary/aromatic N) is 1. The van der Waals surface area contributed by atoms with E-state index < -0.39 is 23.1 Å². The van der Waals surface area contributed by atoms with Crippen LogP contribution in [0.4, 0.5) is 5.69 Å². The zero-order valence-corrected chi connectivity index (χ0v) is 19.1. The SMILES string of the molecule is CCOc1ccc(N2C(=O)C(O)=C(C(=O)C(C)(C)C)C2c2ccc(C(C)C)cc2)cc1. The van der Waals surface area contributed by atoms with E-state index >= 15 is 0 Å². The van der Waals surface area contributed by atoms with Gasteiger partial charge in [0, 0.05) is 11.1 Å². The predicted molar refractivity (Wildman–Crippen MR) is 122 cm³/mol. The first-order chi connectivity index (χ1) is 14.6. The van der Waals surface area contributed by atoms with Crippen LogP contribution < -0.4 is 9.64 Å². The van der Waals surface area contributed by atoms with Gasteiger partial charge in [-0.1, -0.05) is 58.9 Å². The standard InChI is InChI=1S/C26H31NO4/c1-7-31-20-14-12-19(13-15-20)27-22(18-10-8-17(9-11-18)16(2)3)21(23(28)25(27)30)24(29)26(4,5)6/h8-16,22,28H,7H2,1-6H3. The second-order valence-corrected chi connectivity index (χ2v) is 9.17. The molecule has 2 aromatic carbocycles. The van der Waals surface area contributed by atoms with Crippen LogP contribution in [0, 0.1) is 5.41 Å². The number of Topliss-reactive ketones (excluding diaryl/α,β-unsaturated/α-hetero) is 1. The Balaban J connectivity index is 2.13. The van der Waals surface area contributed by atoms with Crippen molar-refractivity contribution in [1.82, 2.24) is 0 Å². The van der Waals surface area contributed by atoms with Crippen LogP contribution in [-0.2, 0) is 9.59 Å². The molecule has 0 aromatic heterocycles. The summed E-state index contributed by atoms with van der Waals surface area (Å²) in [4.78, 5) is 27.9. The van der Waals surface area contributed by atoms with Gasteiger partial charge in [0.15, 0.2) is 11.5 Å². The highest BCUT2D eigenvalue weighted by Gasteiger charge is 2.46. The number of anilines is 1. The van der Waals surface area contributed by atoms with Crippen LogP contribution in [0.1, 0.15) is 64.6 Å². The average molecular weight is 422 g/mol. The van der Waals surface area contributed by atoms with Crippen molar-refractivity contribution in [3.05, 3.63) is 71.0 Å². The number of rotatable bonds is 6. The topological polar surface area (TPSA) is 66.8 Å². The monoisotopic (exact) mass is 421 g/mol. The van der Waals surface area contributed by atoms with Crippen molar-refractivity contribution >= 4 is 17.4 Å². The van der Waals surface area contributed by atoms with E-state index in [-0.39, 0.29) is 11.4 Å².